The Morgan fingerprint density at radius 2 is 1.95 bits per heavy atom. The number of halogens is 1. The lowest BCUT2D eigenvalue weighted by Gasteiger charge is -2.24. The molecule has 0 spiro atoms. The zero-order valence-corrected chi connectivity index (χ0v) is 13.8. The molecule has 5 heteroatoms. The van der Waals surface area contributed by atoms with Gasteiger partial charge in [0.25, 0.3) is 0 Å². The highest BCUT2D eigenvalue weighted by atomic mass is 79.9. The zero-order chi connectivity index (χ0) is 14.4. The summed E-state index contributed by atoms with van der Waals surface area (Å²) in [5.41, 5.74) is 7.86. The highest BCUT2D eigenvalue weighted by molar-refractivity contribution is 9.10. The molecule has 1 fully saturated rings. The van der Waals surface area contributed by atoms with Crippen molar-refractivity contribution < 1.29 is 0 Å². The summed E-state index contributed by atoms with van der Waals surface area (Å²) in [5.74, 6) is 0. The smallest absolute Gasteiger partial charge is 0.185 e. The van der Waals surface area contributed by atoms with E-state index in [0.717, 1.165) is 15.7 Å². The molecule has 1 aliphatic rings. The Morgan fingerprint density at radius 1 is 1.20 bits per heavy atom. The van der Waals surface area contributed by atoms with Crippen molar-refractivity contribution in [3.63, 3.8) is 0 Å². The summed E-state index contributed by atoms with van der Waals surface area (Å²) in [4.78, 5) is 0. The lowest BCUT2D eigenvalue weighted by atomic mass is 9.96. The van der Waals surface area contributed by atoms with Crippen LogP contribution < -0.4 is 16.2 Å². The summed E-state index contributed by atoms with van der Waals surface area (Å²) in [6, 6.07) is 8.47. The van der Waals surface area contributed by atoms with Crippen LogP contribution in [0.15, 0.2) is 35.3 Å². The van der Waals surface area contributed by atoms with E-state index in [9.17, 15) is 0 Å². The summed E-state index contributed by atoms with van der Waals surface area (Å²) in [6.45, 7) is 4.00. The van der Waals surface area contributed by atoms with Gasteiger partial charge in [0.2, 0.25) is 0 Å². The van der Waals surface area contributed by atoms with Gasteiger partial charge in [-0.3, -0.25) is 10.9 Å². The summed E-state index contributed by atoms with van der Waals surface area (Å²) >= 11 is 8.74. The van der Waals surface area contributed by atoms with Crippen LogP contribution in [0.4, 0.5) is 0 Å². The number of hydrogen-bond donors (Lipinski definition) is 3. The molecule has 1 aromatic rings. The monoisotopic (exact) mass is 353 g/mol. The molecule has 0 radical (unpaired) electrons. The third kappa shape index (κ3) is 4.80. The molecular weight excluding hydrogens is 334 g/mol. The van der Waals surface area contributed by atoms with E-state index in [1.54, 1.807) is 0 Å². The van der Waals surface area contributed by atoms with Gasteiger partial charge < -0.3 is 5.32 Å². The van der Waals surface area contributed by atoms with Gasteiger partial charge in [-0.05, 0) is 42.8 Å². The molecule has 1 aliphatic carbocycles. The van der Waals surface area contributed by atoms with Crippen molar-refractivity contribution in [1.82, 2.24) is 16.2 Å². The summed E-state index contributed by atoms with van der Waals surface area (Å²) in [7, 11) is 0. The molecular formula is C15H20BrN3S. The van der Waals surface area contributed by atoms with E-state index in [1.807, 2.05) is 24.3 Å². The zero-order valence-electron chi connectivity index (χ0n) is 11.4. The molecule has 2 rings (SSSR count). The lowest BCUT2D eigenvalue weighted by molar-refractivity contribution is 0.411. The Labute approximate surface area is 134 Å². The van der Waals surface area contributed by atoms with E-state index in [0.29, 0.717) is 11.2 Å². The molecule has 0 aromatic heterocycles. The van der Waals surface area contributed by atoms with Gasteiger partial charge in [-0.25, -0.2) is 0 Å². The van der Waals surface area contributed by atoms with E-state index < -0.39 is 0 Å². The summed E-state index contributed by atoms with van der Waals surface area (Å²) in [5, 5.41) is 3.98. The van der Waals surface area contributed by atoms with Gasteiger partial charge >= 0.3 is 0 Å². The SMILES string of the molecule is C=C(NNC(=S)NC1CCCCC1)c1cccc(Br)c1. The van der Waals surface area contributed by atoms with Gasteiger partial charge in [0, 0.05) is 10.5 Å². The highest BCUT2D eigenvalue weighted by Crippen LogP contribution is 2.17. The first-order valence-corrected chi connectivity index (χ1v) is 8.12. The number of benzene rings is 1. The van der Waals surface area contributed by atoms with Crippen molar-refractivity contribution in [2.45, 2.75) is 38.1 Å². The molecule has 1 aromatic carbocycles. The Hall–Kier alpha value is -1.07. The predicted molar refractivity (Wildman–Crippen MR) is 92.1 cm³/mol. The fourth-order valence-corrected chi connectivity index (χ4v) is 2.97. The molecule has 3 nitrogen and oxygen atoms in total. The second-order valence-electron chi connectivity index (χ2n) is 5.05. The largest absolute Gasteiger partial charge is 0.359 e. The van der Waals surface area contributed by atoms with E-state index in [2.05, 4.69) is 38.7 Å². The molecule has 0 atom stereocenters. The first-order valence-electron chi connectivity index (χ1n) is 6.92. The van der Waals surface area contributed by atoms with Crippen LogP contribution in [-0.2, 0) is 0 Å². The van der Waals surface area contributed by atoms with E-state index in [1.165, 1.54) is 32.1 Å². The third-order valence-electron chi connectivity index (χ3n) is 3.44. The maximum absolute atomic E-state index is 5.29. The minimum atomic E-state index is 0.504. The molecule has 3 N–H and O–H groups in total. The fraction of sp³-hybridized carbons (Fsp3) is 0.400. The normalized spacial score (nSPS) is 15.4. The highest BCUT2D eigenvalue weighted by Gasteiger charge is 2.13. The van der Waals surface area contributed by atoms with Gasteiger partial charge in [0.15, 0.2) is 5.11 Å². The minimum Gasteiger partial charge on any atom is -0.359 e. The van der Waals surface area contributed by atoms with Crippen LogP contribution in [-0.4, -0.2) is 11.2 Å². The molecule has 0 saturated heterocycles. The maximum Gasteiger partial charge on any atom is 0.185 e. The van der Waals surface area contributed by atoms with Crippen molar-refractivity contribution in [2.75, 3.05) is 0 Å². The van der Waals surface area contributed by atoms with Gasteiger partial charge in [-0.1, -0.05) is 53.9 Å². The lowest BCUT2D eigenvalue weighted by Crippen LogP contribution is -2.47. The van der Waals surface area contributed by atoms with E-state index in [-0.39, 0.29) is 0 Å². The van der Waals surface area contributed by atoms with Crippen molar-refractivity contribution in [2.24, 2.45) is 0 Å². The number of nitrogens with one attached hydrogen (secondary N) is 3. The number of rotatable bonds is 4. The molecule has 1 saturated carbocycles. The first kappa shape index (κ1) is 15.3. The van der Waals surface area contributed by atoms with Gasteiger partial charge in [-0.15, -0.1) is 0 Å². The van der Waals surface area contributed by atoms with Crippen LogP contribution in [0.2, 0.25) is 0 Å². The first-order chi connectivity index (χ1) is 9.65. The van der Waals surface area contributed by atoms with Crippen LogP contribution >= 0.6 is 28.1 Å². The minimum absolute atomic E-state index is 0.504. The Balaban J connectivity index is 1.76. The van der Waals surface area contributed by atoms with Crippen molar-refractivity contribution in [3.8, 4) is 0 Å². The van der Waals surface area contributed by atoms with Gasteiger partial charge in [0.05, 0.1) is 5.70 Å². The Kier molecular flexibility index (Phi) is 5.86. The Bertz CT molecular complexity index is 484. The van der Waals surface area contributed by atoms with Crippen molar-refractivity contribution in [1.29, 1.82) is 0 Å². The summed E-state index contributed by atoms with van der Waals surface area (Å²) in [6.07, 6.45) is 6.33. The van der Waals surface area contributed by atoms with Crippen LogP contribution in [0, 0.1) is 0 Å². The van der Waals surface area contributed by atoms with Crippen LogP contribution in [0.25, 0.3) is 5.70 Å². The second kappa shape index (κ2) is 7.64. The van der Waals surface area contributed by atoms with Crippen LogP contribution in [0.5, 0.6) is 0 Å². The van der Waals surface area contributed by atoms with Crippen LogP contribution in [0.3, 0.4) is 0 Å². The van der Waals surface area contributed by atoms with Crippen molar-refractivity contribution in [3.05, 3.63) is 40.9 Å². The van der Waals surface area contributed by atoms with Crippen LogP contribution in [0.1, 0.15) is 37.7 Å². The fourth-order valence-electron chi connectivity index (χ4n) is 2.35. The van der Waals surface area contributed by atoms with E-state index in [4.69, 9.17) is 12.2 Å². The number of hydrazine groups is 1. The third-order valence-corrected chi connectivity index (χ3v) is 4.15. The number of hydrogen-bond acceptors (Lipinski definition) is 2. The summed E-state index contributed by atoms with van der Waals surface area (Å²) < 4.78 is 1.03. The molecule has 0 aliphatic heterocycles. The molecule has 0 bridgehead atoms. The van der Waals surface area contributed by atoms with Gasteiger partial charge in [0.1, 0.15) is 0 Å². The van der Waals surface area contributed by atoms with Gasteiger partial charge in [-0.2, -0.15) is 0 Å². The average Bonchev–Trinajstić information content (AvgIpc) is 2.46. The maximum atomic E-state index is 5.29. The van der Waals surface area contributed by atoms with E-state index >= 15 is 0 Å². The molecule has 108 valence electrons. The Morgan fingerprint density at radius 3 is 2.65 bits per heavy atom. The quantitative estimate of drug-likeness (QED) is 0.569. The standard InChI is InChI=1S/C15H20BrN3S/c1-11(12-6-5-7-13(16)10-12)18-19-15(20)17-14-8-3-2-4-9-14/h5-7,10,14,18H,1-4,8-9H2,(H2,17,19,20). The topological polar surface area (TPSA) is 36.1 Å². The molecule has 20 heavy (non-hydrogen) atoms. The van der Waals surface area contributed by atoms with Crippen molar-refractivity contribution >= 4 is 39.0 Å². The number of thiocarbonyl (C=S) groups is 1. The molecule has 0 heterocycles. The molecule has 0 amide bonds. The molecule has 0 unspecified atom stereocenters. The predicted octanol–water partition coefficient (Wildman–Crippen LogP) is 3.72. The second-order valence-corrected chi connectivity index (χ2v) is 6.37. The average molecular weight is 354 g/mol.